The third-order valence-electron chi connectivity index (χ3n) is 1.37. The Morgan fingerprint density at radius 1 is 0.857 bits per heavy atom. The second-order valence-corrected chi connectivity index (χ2v) is 6.37. The van der Waals surface area contributed by atoms with Crippen LogP contribution >= 0.6 is 6.49 Å². The molecule has 3 nitrogen and oxygen atoms in total. The van der Waals surface area contributed by atoms with Crippen molar-refractivity contribution in [1.82, 2.24) is 15.3 Å². The molecule has 0 saturated heterocycles. The molecule has 3 N–H and O–H groups in total. The number of hydrogen-bond acceptors (Lipinski definition) is 1. The van der Waals surface area contributed by atoms with E-state index in [1.54, 1.807) is 18.2 Å². The van der Waals surface area contributed by atoms with Crippen molar-refractivity contribution in [3.63, 3.8) is 0 Å². The van der Waals surface area contributed by atoms with Gasteiger partial charge in [0, 0.05) is 19.6 Å². The van der Waals surface area contributed by atoms with Crippen LogP contribution in [-0.4, -0.2) is 19.6 Å². The number of hydrogen-bond donors (Lipinski definition) is 3. The second-order valence-electron chi connectivity index (χ2n) is 2.56. The molecule has 0 aromatic rings. The molecule has 0 aliphatic carbocycles. The maximum Gasteiger partial charge on any atom is 0.138 e. The standard InChI is InChI=1S/C9H18N3PS/c1-4-7-10-13(14,11-8-5-2)12-9-6-3/h4-6H,1-3,7-9H2,(H3,10,11,12,14). The fraction of sp³-hybridized carbons (Fsp3) is 0.333. The highest BCUT2D eigenvalue weighted by atomic mass is 32.4. The molecule has 0 aliphatic heterocycles. The fourth-order valence-electron chi connectivity index (χ4n) is 0.747. The van der Waals surface area contributed by atoms with Gasteiger partial charge < -0.3 is 0 Å². The molecule has 80 valence electrons. The van der Waals surface area contributed by atoms with E-state index >= 15 is 0 Å². The van der Waals surface area contributed by atoms with E-state index in [2.05, 4.69) is 35.0 Å². The topological polar surface area (TPSA) is 36.1 Å². The van der Waals surface area contributed by atoms with E-state index in [4.69, 9.17) is 11.8 Å². The fourth-order valence-corrected chi connectivity index (χ4v) is 2.91. The van der Waals surface area contributed by atoms with Gasteiger partial charge in [-0.3, -0.25) is 15.3 Å². The summed E-state index contributed by atoms with van der Waals surface area (Å²) in [4.78, 5) is 0. The van der Waals surface area contributed by atoms with Crippen molar-refractivity contribution in [2.24, 2.45) is 0 Å². The second kappa shape index (κ2) is 8.09. The summed E-state index contributed by atoms with van der Waals surface area (Å²) in [6.07, 6.45) is 5.35. The van der Waals surface area contributed by atoms with E-state index in [9.17, 15) is 0 Å². The minimum absolute atomic E-state index is 0.686. The number of rotatable bonds is 9. The lowest BCUT2D eigenvalue weighted by Crippen LogP contribution is -2.32. The van der Waals surface area contributed by atoms with Crippen molar-refractivity contribution in [3.05, 3.63) is 38.0 Å². The maximum absolute atomic E-state index is 5.43. The van der Waals surface area contributed by atoms with Crippen molar-refractivity contribution in [2.45, 2.75) is 0 Å². The van der Waals surface area contributed by atoms with Crippen molar-refractivity contribution in [1.29, 1.82) is 0 Å². The van der Waals surface area contributed by atoms with Gasteiger partial charge in [-0.25, -0.2) is 0 Å². The van der Waals surface area contributed by atoms with E-state index in [0.717, 1.165) is 0 Å². The van der Waals surface area contributed by atoms with E-state index < -0.39 is 6.49 Å². The van der Waals surface area contributed by atoms with Crippen LogP contribution in [0.3, 0.4) is 0 Å². The summed E-state index contributed by atoms with van der Waals surface area (Å²) < 4.78 is 0. The molecular formula is C9H18N3PS. The van der Waals surface area contributed by atoms with Gasteiger partial charge in [0.25, 0.3) is 0 Å². The highest BCUT2D eigenvalue weighted by Crippen LogP contribution is 2.29. The van der Waals surface area contributed by atoms with E-state index in [1.165, 1.54) is 0 Å². The Balaban J connectivity index is 4.15. The van der Waals surface area contributed by atoms with Gasteiger partial charge in [0.1, 0.15) is 6.49 Å². The van der Waals surface area contributed by atoms with E-state index in [1.807, 2.05) is 0 Å². The summed E-state index contributed by atoms with van der Waals surface area (Å²) in [6, 6.07) is 0. The zero-order valence-electron chi connectivity index (χ0n) is 8.33. The summed E-state index contributed by atoms with van der Waals surface area (Å²) >= 11 is 5.43. The van der Waals surface area contributed by atoms with Crippen LogP contribution < -0.4 is 15.3 Å². The first kappa shape index (κ1) is 13.8. The summed E-state index contributed by atoms with van der Waals surface area (Å²) in [7, 11) is 0. The Hall–Kier alpha value is -0.250. The molecule has 0 aliphatic rings. The molecule has 0 saturated carbocycles. The van der Waals surface area contributed by atoms with Gasteiger partial charge in [0.05, 0.1) is 0 Å². The molecule has 0 radical (unpaired) electrons. The van der Waals surface area contributed by atoms with Crippen LogP contribution in [0, 0.1) is 0 Å². The molecule has 0 unspecified atom stereocenters. The monoisotopic (exact) mass is 231 g/mol. The SMILES string of the molecule is C=CCNP(=S)(NCC=C)NCC=C. The maximum atomic E-state index is 5.43. The molecule has 0 aromatic carbocycles. The highest BCUT2D eigenvalue weighted by Gasteiger charge is 2.11. The van der Waals surface area contributed by atoms with Crippen molar-refractivity contribution in [2.75, 3.05) is 19.6 Å². The zero-order chi connectivity index (χ0) is 10.9. The van der Waals surface area contributed by atoms with Gasteiger partial charge in [-0.2, -0.15) is 0 Å². The molecular weight excluding hydrogens is 213 g/mol. The van der Waals surface area contributed by atoms with Crippen molar-refractivity contribution >= 4 is 18.3 Å². The molecule has 0 fully saturated rings. The summed E-state index contributed by atoms with van der Waals surface area (Å²) in [6.45, 7) is 11.1. The molecule has 0 bridgehead atoms. The van der Waals surface area contributed by atoms with Gasteiger partial charge in [0.15, 0.2) is 0 Å². The molecule has 0 aromatic heterocycles. The molecule has 0 atom stereocenters. The Kier molecular flexibility index (Phi) is 7.95. The molecule has 0 rings (SSSR count). The molecule has 14 heavy (non-hydrogen) atoms. The third kappa shape index (κ3) is 6.24. The smallest absolute Gasteiger partial charge is 0.138 e. The summed E-state index contributed by atoms with van der Waals surface area (Å²) in [5.74, 6) is 0. The lowest BCUT2D eigenvalue weighted by molar-refractivity contribution is 0.945. The summed E-state index contributed by atoms with van der Waals surface area (Å²) in [5.41, 5.74) is 0. The highest BCUT2D eigenvalue weighted by molar-refractivity contribution is 8.11. The average molecular weight is 231 g/mol. The van der Waals surface area contributed by atoms with Crippen LogP contribution in [0.15, 0.2) is 38.0 Å². The summed E-state index contributed by atoms with van der Waals surface area (Å²) in [5, 5.41) is 9.62. The predicted octanol–water partition coefficient (Wildman–Crippen LogP) is 1.54. The first-order valence-electron chi connectivity index (χ1n) is 4.36. The lowest BCUT2D eigenvalue weighted by atomic mass is 10.7. The Morgan fingerprint density at radius 3 is 1.36 bits per heavy atom. The molecule has 5 heteroatoms. The van der Waals surface area contributed by atoms with Crippen LogP contribution in [-0.2, 0) is 11.8 Å². The van der Waals surface area contributed by atoms with E-state index in [0.29, 0.717) is 19.6 Å². The van der Waals surface area contributed by atoms with Gasteiger partial charge >= 0.3 is 0 Å². The Bertz CT molecular complexity index is 202. The quantitative estimate of drug-likeness (QED) is 0.415. The van der Waals surface area contributed by atoms with Crippen LogP contribution in [0.4, 0.5) is 0 Å². The Labute approximate surface area is 91.5 Å². The van der Waals surface area contributed by atoms with Crippen LogP contribution in [0.25, 0.3) is 0 Å². The first-order chi connectivity index (χ1) is 6.68. The van der Waals surface area contributed by atoms with Gasteiger partial charge in [-0.05, 0) is 11.8 Å². The zero-order valence-corrected chi connectivity index (χ0v) is 10.0. The van der Waals surface area contributed by atoms with Crippen molar-refractivity contribution in [3.8, 4) is 0 Å². The van der Waals surface area contributed by atoms with Crippen LogP contribution in [0.1, 0.15) is 0 Å². The Morgan fingerprint density at radius 2 is 1.14 bits per heavy atom. The lowest BCUT2D eigenvalue weighted by Gasteiger charge is -2.23. The third-order valence-corrected chi connectivity index (χ3v) is 4.42. The molecule has 0 amide bonds. The number of nitrogens with one attached hydrogen (secondary N) is 3. The van der Waals surface area contributed by atoms with Crippen LogP contribution in [0.2, 0.25) is 0 Å². The predicted molar refractivity (Wildman–Crippen MR) is 68.9 cm³/mol. The molecule has 0 spiro atoms. The minimum Gasteiger partial charge on any atom is -0.262 e. The average Bonchev–Trinajstić information content (AvgIpc) is 2.21. The normalized spacial score (nSPS) is 10.9. The first-order valence-corrected chi connectivity index (χ1v) is 7.17. The minimum atomic E-state index is -1.90. The largest absolute Gasteiger partial charge is 0.262 e. The van der Waals surface area contributed by atoms with Gasteiger partial charge in [0.2, 0.25) is 0 Å². The van der Waals surface area contributed by atoms with Gasteiger partial charge in [-0.15, -0.1) is 19.7 Å². The van der Waals surface area contributed by atoms with Crippen LogP contribution in [0.5, 0.6) is 0 Å². The van der Waals surface area contributed by atoms with Crippen molar-refractivity contribution < 1.29 is 0 Å². The van der Waals surface area contributed by atoms with E-state index in [-0.39, 0.29) is 0 Å². The molecule has 0 heterocycles. The van der Waals surface area contributed by atoms with Gasteiger partial charge in [-0.1, -0.05) is 18.2 Å².